The number of carbonyl (C=O) groups is 1. The molecule has 36 heavy (non-hydrogen) atoms. The van der Waals surface area contributed by atoms with Gasteiger partial charge in [-0.2, -0.15) is 13.2 Å². The third kappa shape index (κ3) is 7.43. The Hall–Kier alpha value is -3.14. The molecule has 2 aromatic carbocycles. The van der Waals surface area contributed by atoms with Crippen LogP contribution in [0.3, 0.4) is 0 Å². The molecule has 3 rings (SSSR count). The summed E-state index contributed by atoms with van der Waals surface area (Å²) in [5, 5.41) is 0. The average molecular weight is 523 g/mol. The standard InChI is InChI=1S/C26H26F4N2O3S/c1-25(2,3)18(16-6-8-17(9-7-16)36-26(28,29)30)13-21(33)20-14-24(34)32-23(31-20)12-15-5-10-22(35-4)19(27)11-15/h5-11,14,18H,12-13H2,1-4H3,(H,31,32,34)/t18-/m0/s1. The summed E-state index contributed by atoms with van der Waals surface area (Å²) in [6.45, 7) is 5.79. The molecule has 0 saturated heterocycles. The van der Waals surface area contributed by atoms with Gasteiger partial charge in [-0.05, 0) is 58.5 Å². The molecule has 0 radical (unpaired) electrons. The number of Topliss-reactive ketones (excluding diaryl/α,β-unsaturated/α-hetero) is 1. The molecule has 0 aliphatic carbocycles. The molecule has 0 fully saturated rings. The van der Waals surface area contributed by atoms with Gasteiger partial charge in [-0.15, -0.1) is 0 Å². The molecular weight excluding hydrogens is 496 g/mol. The Morgan fingerprint density at radius 1 is 1.08 bits per heavy atom. The van der Waals surface area contributed by atoms with Crippen LogP contribution in [0.5, 0.6) is 5.75 Å². The maximum absolute atomic E-state index is 14.0. The van der Waals surface area contributed by atoms with Crippen molar-refractivity contribution in [2.45, 2.75) is 49.9 Å². The largest absolute Gasteiger partial charge is 0.494 e. The number of hydrogen-bond acceptors (Lipinski definition) is 5. The molecule has 0 aliphatic rings. The van der Waals surface area contributed by atoms with Gasteiger partial charge in [-0.3, -0.25) is 9.59 Å². The lowest BCUT2D eigenvalue weighted by Crippen LogP contribution is -2.23. The monoisotopic (exact) mass is 522 g/mol. The van der Waals surface area contributed by atoms with E-state index in [9.17, 15) is 27.2 Å². The number of aromatic amines is 1. The number of H-pyrrole nitrogens is 1. The van der Waals surface area contributed by atoms with E-state index >= 15 is 0 Å². The molecule has 3 aromatic rings. The van der Waals surface area contributed by atoms with E-state index < -0.39 is 22.3 Å². The fourth-order valence-corrected chi connectivity index (χ4v) is 4.40. The van der Waals surface area contributed by atoms with E-state index in [4.69, 9.17) is 4.74 Å². The smallest absolute Gasteiger partial charge is 0.446 e. The first kappa shape index (κ1) is 27.4. The van der Waals surface area contributed by atoms with Crippen molar-refractivity contribution in [3.05, 3.63) is 87.3 Å². The summed E-state index contributed by atoms with van der Waals surface area (Å²) in [5.74, 6) is -0.983. The van der Waals surface area contributed by atoms with Crippen LogP contribution in [0.2, 0.25) is 0 Å². The van der Waals surface area contributed by atoms with Crippen LogP contribution in [0, 0.1) is 11.2 Å². The lowest BCUT2D eigenvalue weighted by molar-refractivity contribution is -0.0328. The number of thioether (sulfide) groups is 1. The van der Waals surface area contributed by atoms with E-state index in [0.29, 0.717) is 11.1 Å². The van der Waals surface area contributed by atoms with Crippen molar-refractivity contribution in [1.29, 1.82) is 0 Å². The highest BCUT2D eigenvalue weighted by Gasteiger charge is 2.31. The lowest BCUT2D eigenvalue weighted by atomic mass is 9.73. The van der Waals surface area contributed by atoms with Crippen LogP contribution >= 0.6 is 11.8 Å². The molecule has 0 saturated carbocycles. The number of rotatable bonds is 8. The van der Waals surface area contributed by atoms with Gasteiger partial charge in [-0.25, -0.2) is 9.37 Å². The third-order valence-corrected chi connectivity index (χ3v) is 6.35. The summed E-state index contributed by atoms with van der Waals surface area (Å²) in [5.41, 5.74) is -4.09. The number of methoxy groups -OCH3 is 1. The molecule has 0 bridgehead atoms. The molecule has 1 heterocycles. The highest BCUT2D eigenvalue weighted by Crippen LogP contribution is 2.41. The number of halogens is 4. The number of carbonyl (C=O) groups excluding carboxylic acids is 1. The fraction of sp³-hybridized carbons (Fsp3) is 0.346. The van der Waals surface area contributed by atoms with Crippen molar-refractivity contribution in [2.75, 3.05) is 7.11 Å². The molecule has 0 aliphatic heterocycles. The Labute approximate surface area is 210 Å². The highest BCUT2D eigenvalue weighted by molar-refractivity contribution is 8.00. The van der Waals surface area contributed by atoms with Crippen LogP contribution in [0.1, 0.15) is 60.5 Å². The van der Waals surface area contributed by atoms with Crippen LogP contribution in [-0.4, -0.2) is 28.4 Å². The molecule has 0 unspecified atom stereocenters. The summed E-state index contributed by atoms with van der Waals surface area (Å²) in [6.07, 6.45) is 0.0978. The second-order valence-corrected chi connectivity index (χ2v) is 10.5. The van der Waals surface area contributed by atoms with Crippen LogP contribution in [0.4, 0.5) is 17.6 Å². The molecular formula is C26H26F4N2O3S. The molecule has 1 atom stereocenters. The SMILES string of the molecule is COc1ccc(Cc2nc(C(=O)C[C@@H](c3ccc(SC(F)(F)F)cc3)C(C)(C)C)cc(=O)[nH]2)cc1F. The predicted molar refractivity (Wildman–Crippen MR) is 130 cm³/mol. The zero-order valence-electron chi connectivity index (χ0n) is 20.2. The third-order valence-electron chi connectivity index (χ3n) is 5.62. The average Bonchev–Trinajstić information content (AvgIpc) is 2.76. The van der Waals surface area contributed by atoms with Gasteiger partial charge in [0.15, 0.2) is 17.3 Å². The Morgan fingerprint density at radius 2 is 1.75 bits per heavy atom. The van der Waals surface area contributed by atoms with E-state index in [0.717, 1.165) is 6.07 Å². The second kappa shape index (κ2) is 10.9. The Kier molecular flexibility index (Phi) is 8.28. The normalized spacial score (nSPS) is 12.9. The van der Waals surface area contributed by atoms with Gasteiger partial charge in [-0.1, -0.05) is 39.0 Å². The maximum Gasteiger partial charge on any atom is 0.446 e. The van der Waals surface area contributed by atoms with Crippen molar-refractivity contribution in [1.82, 2.24) is 9.97 Å². The van der Waals surface area contributed by atoms with Crippen molar-refractivity contribution < 1.29 is 27.1 Å². The van der Waals surface area contributed by atoms with Gasteiger partial charge in [0.25, 0.3) is 5.56 Å². The van der Waals surface area contributed by atoms with E-state index in [-0.39, 0.29) is 58.5 Å². The lowest BCUT2D eigenvalue weighted by Gasteiger charge is -2.31. The first-order valence-corrected chi connectivity index (χ1v) is 11.9. The second-order valence-electron chi connectivity index (χ2n) is 9.39. The van der Waals surface area contributed by atoms with Gasteiger partial charge >= 0.3 is 5.51 Å². The number of aromatic nitrogens is 2. The first-order valence-electron chi connectivity index (χ1n) is 11.1. The zero-order valence-corrected chi connectivity index (χ0v) is 21.0. The van der Waals surface area contributed by atoms with Gasteiger partial charge in [0.1, 0.15) is 11.5 Å². The van der Waals surface area contributed by atoms with Crippen LogP contribution in [0.15, 0.2) is 58.2 Å². The number of benzene rings is 2. The van der Waals surface area contributed by atoms with E-state index in [1.807, 2.05) is 20.8 Å². The number of hydrogen-bond donors (Lipinski definition) is 1. The van der Waals surface area contributed by atoms with Crippen molar-refractivity contribution >= 4 is 17.5 Å². The number of ketones is 1. The topological polar surface area (TPSA) is 72.0 Å². The molecule has 192 valence electrons. The van der Waals surface area contributed by atoms with Gasteiger partial charge in [0.05, 0.1) is 7.11 Å². The Bertz CT molecular complexity index is 1280. The van der Waals surface area contributed by atoms with E-state index in [1.165, 1.54) is 31.4 Å². The molecule has 5 nitrogen and oxygen atoms in total. The van der Waals surface area contributed by atoms with Crippen LogP contribution in [0.25, 0.3) is 0 Å². The maximum atomic E-state index is 14.0. The van der Waals surface area contributed by atoms with Gasteiger partial charge in [0.2, 0.25) is 0 Å². The number of ether oxygens (including phenoxy) is 1. The van der Waals surface area contributed by atoms with Gasteiger partial charge < -0.3 is 9.72 Å². The number of alkyl halides is 3. The highest BCUT2D eigenvalue weighted by atomic mass is 32.2. The summed E-state index contributed by atoms with van der Waals surface area (Å²) < 4.78 is 56.9. The van der Waals surface area contributed by atoms with Crippen molar-refractivity contribution in [2.24, 2.45) is 5.41 Å². The van der Waals surface area contributed by atoms with Crippen LogP contribution in [-0.2, 0) is 6.42 Å². The fourth-order valence-electron chi connectivity index (χ4n) is 3.86. The first-order chi connectivity index (χ1) is 16.7. The summed E-state index contributed by atoms with van der Waals surface area (Å²) in [4.78, 5) is 32.3. The van der Waals surface area contributed by atoms with Gasteiger partial charge in [0, 0.05) is 23.8 Å². The number of nitrogens with one attached hydrogen (secondary N) is 1. The predicted octanol–water partition coefficient (Wildman–Crippen LogP) is 6.52. The number of nitrogens with zero attached hydrogens (tertiary/aromatic N) is 1. The Balaban J connectivity index is 1.83. The quantitative estimate of drug-likeness (QED) is 0.207. The molecule has 0 spiro atoms. The molecule has 1 N–H and O–H groups in total. The summed E-state index contributed by atoms with van der Waals surface area (Å²) >= 11 is -0.199. The zero-order chi connectivity index (χ0) is 26.7. The molecule has 1 aromatic heterocycles. The minimum atomic E-state index is -4.39. The van der Waals surface area contributed by atoms with Crippen LogP contribution < -0.4 is 10.3 Å². The van der Waals surface area contributed by atoms with Crippen molar-refractivity contribution in [3.63, 3.8) is 0 Å². The van der Waals surface area contributed by atoms with E-state index in [2.05, 4.69) is 9.97 Å². The minimum absolute atomic E-state index is 0.00230. The summed E-state index contributed by atoms with van der Waals surface area (Å²) in [6, 6.07) is 11.4. The molecule has 10 heteroatoms. The molecule has 0 amide bonds. The minimum Gasteiger partial charge on any atom is -0.494 e. The summed E-state index contributed by atoms with van der Waals surface area (Å²) in [7, 11) is 1.35. The van der Waals surface area contributed by atoms with E-state index in [1.54, 1.807) is 18.2 Å². The van der Waals surface area contributed by atoms with Crippen molar-refractivity contribution in [3.8, 4) is 5.75 Å². The Morgan fingerprint density at radius 3 is 2.31 bits per heavy atom.